The highest BCUT2D eigenvalue weighted by molar-refractivity contribution is 8.00. The Morgan fingerprint density at radius 2 is 1.72 bits per heavy atom. The molecule has 0 bridgehead atoms. The first-order chi connectivity index (χ1) is 19.1. The molecule has 0 aliphatic carbocycles. The summed E-state index contributed by atoms with van der Waals surface area (Å²) >= 11 is 4.43. The summed E-state index contributed by atoms with van der Waals surface area (Å²) in [6, 6.07) is 22.2. The smallest absolute Gasteiger partial charge is 0.356 e. The summed E-state index contributed by atoms with van der Waals surface area (Å²) in [6.45, 7) is 0. The maximum atomic E-state index is 14.0. The van der Waals surface area contributed by atoms with Crippen molar-refractivity contribution in [3.63, 3.8) is 0 Å². The van der Waals surface area contributed by atoms with Crippen molar-refractivity contribution < 1.29 is 19.1 Å². The molecule has 1 N–H and O–H groups in total. The van der Waals surface area contributed by atoms with Gasteiger partial charge in [-0.25, -0.2) is 4.79 Å². The molecule has 2 aromatic carbocycles. The summed E-state index contributed by atoms with van der Waals surface area (Å²) in [5.41, 5.74) is 4.28. The number of ether oxygens (including phenoxy) is 1. The fourth-order valence-electron chi connectivity index (χ4n) is 4.70. The van der Waals surface area contributed by atoms with E-state index in [0.717, 1.165) is 20.9 Å². The number of rotatable bonds is 8. The number of hydrogen-bond acceptors (Lipinski definition) is 8. The number of fused-ring (bicyclic) bond motifs is 1. The molecule has 0 spiro atoms. The number of carbonyl (C=O) groups is 3. The second kappa shape index (κ2) is 11.2. The van der Waals surface area contributed by atoms with Crippen molar-refractivity contribution in [3.05, 3.63) is 116 Å². The number of esters is 1. The van der Waals surface area contributed by atoms with Crippen LogP contribution < -0.4 is 5.32 Å². The number of thiazole rings is 1. The van der Waals surface area contributed by atoms with Gasteiger partial charge in [-0.15, -0.1) is 34.4 Å². The average Bonchev–Trinajstić information content (AvgIpc) is 3.70. The lowest BCUT2D eigenvalue weighted by Gasteiger charge is -2.49. The van der Waals surface area contributed by atoms with E-state index in [9.17, 15) is 14.4 Å². The minimum Gasteiger partial charge on any atom is -0.448 e. The fourth-order valence-corrected chi connectivity index (χ4v) is 7.53. The number of aromatic nitrogens is 1. The molecule has 0 radical (unpaired) electrons. The van der Waals surface area contributed by atoms with Gasteiger partial charge in [-0.2, -0.15) is 0 Å². The summed E-state index contributed by atoms with van der Waals surface area (Å²) in [5, 5.41) is 4.40. The Balaban J connectivity index is 1.29. The number of thioether (sulfide) groups is 1. The van der Waals surface area contributed by atoms with Gasteiger partial charge in [0.1, 0.15) is 17.1 Å². The summed E-state index contributed by atoms with van der Waals surface area (Å²) < 4.78 is 6.18. The number of amides is 2. The Morgan fingerprint density at radius 1 is 1.00 bits per heavy atom. The van der Waals surface area contributed by atoms with Gasteiger partial charge in [0.05, 0.1) is 16.8 Å². The largest absolute Gasteiger partial charge is 0.448 e. The average molecular weight is 574 g/mol. The maximum absolute atomic E-state index is 14.0. The molecule has 2 unspecified atom stereocenters. The SMILES string of the molecule is O=C(Cc1cccs1)NC1C(=O)N2C(C(=O)OC(c3ccccc3)c3ccccc3)=C(c3cncs3)CSC12. The highest BCUT2D eigenvalue weighted by Gasteiger charge is 2.55. The Morgan fingerprint density at radius 3 is 2.33 bits per heavy atom. The predicted octanol–water partition coefficient (Wildman–Crippen LogP) is 4.89. The molecule has 10 heteroatoms. The first-order valence-electron chi connectivity index (χ1n) is 12.3. The second-order valence-corrected chi connectivity index (χ2v) is 12.0. The van der Waals surface area contributed by atoms with Crippen molar-refractivity contribution >= 4 is 57.8 Å². The van der Waals surface area contributed by atoms with Gasteiger partial charge in [0.15, 0.2) is 6.10 Å². The van der Waals surface area contributed by atoms with E-state index in [0.29, 0.717) is 11.3 Å². The molecule has 2 aliphatic heterocycles. The monoisotopic (exact) mass is 573 g/mol. The molecule has 1 fully saturated rings. The summed E-state index contributed by atoms with van der Waals surface area (Å²) in [6.07, 6.45) is 1.26. The van der Waals surface area contributed by atoms with E-state index in [1.807, 2.05) is 78.2 Å². The second-order valence-electron chi connectivity index (χ2n) is 9.01. The van der Waals surface area contributed by atoms with E-state index in [1.165, 1.54) is 39.3 Å². The van der Waals surface area contributed by atoms with Crippen molar-refractivity contribution in [1.82, 2.24) is 15.2 Å². The van der Waals surface area contributed by atoms with E-state index < -0.39 is 23.5 Å². The normalized spacial score (nSPS) is 18.5. The van der Waals surface area contributed by atoms with E-state index in [2.05, 4.69) is 10.3 Å². The number of nitrogens with zero attached hydrogens (tertiary/aromatic N) is 2. The van der Waals surface area contributed by atoms with Crippen LogP contribution in [-0.4, -0.2) is 44.8 Å². The van der Waals surface area contributed by atoms with Crippen LogP contribution in [0.5, 0.6) is 0 Å². The molecule has 2 aliphatic rings. The highest BCUT2D eigenvalue weighted by Crippen LogP contribution is 2.45. The lowest BCUT2D eigenvalue weighted by Crippen LogP contribution is -2.70. The molecule has 2 atom stereocenters. The molecule has 4 heterocycles. The van der Waals surface area contributed by atoms with Crippen LogP contribution in [0, 0.1) is 0 Å². The fraction of sp³-hybridized carbons (Fsp3) is 0.172. The summed E-state index contributed by atoms with van der Waals surface area (Å²) in [7, 11) is 0. The molecule has 2 amide bonds. The number of β-lactam (4-membered cyclic amide) rings is 1. The first kappa shape index (κ1) is 25.5. The standard InChI is InChI=1S/C29H23N3O4S3/c33-23(14-20-12-7-13-37-20)31-24-27(34)32-25(21(16-38-28(24)32)22-15-30-17-39-22)29(35)36-26(18-8-3-1-4-9-18)19-10-5-2-6-11-19/h1-13,15,17,24,26,28H,14,16H2,(H,31,33). The van der Waals surface area contributed by atoms with Gasteiger partial charge in [0, 0.05) is 22.4 Å². The minimum atomic E-state index is -0.702. The number of benzene rings is 2. The van der Waals surface area contributed by atoms with Crippen LogP contribution >= 0.6 is 34.4 Å². The maximum Gasteiger partial charge on any atom is 0.356 e. The zero-order valence-corrected chi connectivity index (χ0v) is 23.0. The topological polar surface area (TPSA) is 88.6 Å². The van der Waals surface area contributed by atoms with Crippen LogP contribution in [0.15, 0.2) is 95.6 Å². The summed E-state index contributed by atoms with van der Waals surface area (Å²) in [4.78, 5) is 47.4. The molecule has 196 valence electrons. The van der Waals surface area contributed by atoms with Gasteiger partial charge in [0.25, 0.3) is 5.91 Å². The number of thiophene rings is 1. The molecule has 7 nitrogen and oxygen atoms in total. The molecule has 0 saturated carbocycles. The van der Waals surface area contributed by atoms with Crippen molar-refractivity contribution in [2.24, 2.45) is 0 Å². The Hall–Kier alpha value is -3.73. The first-order valence-corrected chi connectivity index (χ1v) is 15.1. The van der Waals surface area contributed by atoms with Crippen molar-refractivity contribution in [3.8, 4) is 0 Å². The zero-order valence-electron chi connectivity index (χ0n) is 20.6. The van der Waals surface area contributed by atoms with E-state index in [4.69, 9.17) is 4.74 Å². The lowest BCUT2D eigenvalue weighted by molar-refractivity contribution is -0.154. The van der Waals surface area contributed by atoms with Crippen LogP contribution in [0.1, 0.15) is 27.0 Å². The lowest BCUT2D eigenvalue weighted by atomic mass is 10.0. The van der Waals surface area contributed by atoms with E-state index >= 15 is 0 Å². The van der Waals surface area contributed by atoms with Crippen LogP contribution in [0.4, 0.5) is 0 Å². The number of hydrogen-bond donors (Lipinski definition) is 1. The van der Waals surface area contributed by atoms with Crippen molar-refractivity contribution in [2.45, 2.75) is 23.9 Å². The van der Waals surface area contributed by atoms with Crippen molar-refractivity contribution in [2.75, 3.05) is 5.75 Å². The van der Waals surface area contributed by atoms with Gasteiger partial charge in [-0.3, -0.25) is 19.5 Å². The number of nitrogens with one attached hydrogen (secondary N) is 1. The molecule has 2 aromatic heterocycles. The van der Waals surface area contributed by atoms with E-state index in [-0.39, 0.29) is 23.9 Å². The minimum absolute atomic E-state index is 0.214. The molecular weight excluding hydrogens is 551 g/mol. The molecule has 6 rings (SSSR count). The Labute approximate surface area is 237 Å². The van der Waals surface area contributed by atoms with Gasteiger partial charge < -0.3 is 10.1 Å². The van der Waals surface area contributed by atoms with Gasteiger partial charge in [0.2, 0.25) is 5.91 Å². The Kier molecular flexibility index (Phi) is 7.32. The third-order valence-corrected chi connectivity index (χ3v) is 9.54. The molecular formula is C29H23N3O4S3. The van der Waals surface area contributed by atoms with Gasteiger partial charge >= 0.3 is 5.97 Å². The third-order valence-electron chi connectivity index (χ3n) is 6.55. The quantitative estimate of drug-likeness (QED) is 0.239. The predicted molar refractivity (Wildman–Crippen MR) is 153 cm³/mol. The highest BCUT2D eigenvalue weighted by atomic mass is 32.2. The van der Waals surface area contributed by atoms with Crippen LogP contribution in [0.3, 0.4) is 0 Å². The molecule has 1 saturated heterocycles. The van der Waals surface area contributed by atoms with Crippen LogP contribution in [0.25, 0.3) is 5.57 Å². The third kappa shape index (κ3) is 5.15. The number of carbonyl (C=O) groups excluding carboxylic acids is 3. The van der Waals surface area contributed by atoms with Crippen LogP contribution in [-0.2, 0) is 25.5 Å². The molecule has 39 heavy (non-hydrogen) atoms. The zero-order chi connectivity index (χ0) is 26.8. The summed E-state index contributed by atoms with van der Waals surface area (Å²) in [5.74, 6) is -0.639. The molecule has 4 aromatic rings. The Bertz CT molecular complexity index is 1470. The van der Waals surface area contributed by atoms with Crippen LogP contribution in [0.2, 0.25) is 0 Å². The van der Waals surface area contributed by atoms with Gasteiger partial charge in [-0.1, -0.05) is 66.7 Å². The van der Waals surface area contributed by atoms with Crippen molar-refractivity contribution in [1.29, 1.82) is 0 Å². The van der Waals surface area contributed by atoms with E-state index in [1.54, 1.807) is 11.7 Å². The van der Waals surface area contributed by atoms with Gasteiger partial charge in [-0.05, 0) is 22.6 Å².